The monoisotopic (exact) mass is 482 g/mol. The molecule has 3 rings (SSSR count). The van der Waals surface area contributed by atoms with Crippen LogP contribution in [0.4, 0.5) is 4.79 Å². The molecule has 0 saturated heterocycles. The van der Waals surface area contributed by atoms with E-state index in [-0.39, 0.29) is 35.6 Å². The predicted octanol–water partition coefficient (Wildman–Crippen LogP) is 4.93. The molecule has 0 radical (unpaired) electrons. The smallest absolute Gasteiger partial charge is 0.493 e. The van der Waals surface area contributed by atoms with Gasteiger partial charge in [0.2, 0.25) is 17.5 Å². The molecule has 0 aliphatic rings. The molecule has 0 aliphatic heterocycles. The summed E-state index contributed by atoms with van der Waals surface area (Å²) in [5.74, 6) is 0.420. The highest BCUT2D eigenvalue weighted by atomic mass is 16.7. The summed E-state index contributed by atoms with van der Waals surface area (Å²) < 4.78 is 21.4. The van der Waals surface area contributed by atoms with Crippen LogP contribution in [0, 0.1) is 5.92 Å². The molecule has 0 aliphatic carbocycles. The molecule has 1 aromatic carbocycles. The molecule has 2 aromatic heterocycles. The van der Waals surface area contributed by atoms with Crippen LogP contribution in [0.1, 0.15) is 68.5 Å². The standard InChI is InChI=1S/C25H30N4O6/c1-14(2)13-33-25(31)34-21-19(32-6)10-11-26-20(21)22(30)27-16(5)23-28-29-24(35-23)18-9-7-8-17(12-18)15(3)4/h7-12,14-16H,13H2,1-6H3,(H,27,30)/t16-/m0/s1. The Balaban J connectivity index is 1.77. The summed E-state index contributed by atoms with van der Waals surface area (Å²) in [6, 6.07) is 8.67. The second-order valence-corrected chi connectivity index (χ2v) is 8.67. The van der Waals surface area contributed by atoms with Crippen molar-refractivity contribution in [1.29, 1.82) is 0 Å². The second-order valence-electron chi connectivity index (χ2n) is 8.67. The van der Waals surface area contributed by atoms with E-state index in [2.05, 4.69) is 34.3 Å². The number of hydrogen-bond acceptors (Lipinski definition) is 9. The van der Waals surface area contributed by atoms with Gasteiger partial charge in [0.05, 0.1) is 13.7 Å². The molecule has 35 heavy (non-hydrogen) atoms. The minimum Gasteiger partial charge on any atom is -0.493 e. The number of nitrogens with zero attached hydrogens (tertiary/aromatic N) is 3. The highest BCUT2D eigenvalue weighted by Gasteiger charge is 2.25. The van der Waals surface area contributed by atoms with Gasteiger partial charge in [-0.15, -0.1) is 10.2 Å². The van der Waals surface area contributed by atoms with Crippen molar-refractivity contribution < 1.29 is 28.2 Å². The number of nitrogens with one attached hydrogen (secondary N) is 1. The molecular weight excluding hydrogens is 452 g/mol. The highest BCUT2D eigenvalue weighted by molar-refractivity contribution is 5.96. The van der Waals surface area contributed by atoms with Crippen LogP contribution < -0.4 is 14.8 Å². The number of carbonyl (C=O) groups is 2. The van der Waals surface area contributed by atoms with Crippen molar-refractivity contribution in [3.05, 3.63) is 53.7 Å². The number of benzene rings is 1. The zero-order chi connectivity index (χ0) is 25.5. The fourth-order valence-corrected chi connectivity index (χ4v) is 3.08. The number of carbonyl (C=O) groups excluding carboxylic acids is 2. The molecule has 10 heteroatoms. The third-order valence-electron chi connectivity index (χ3n) is 4.98. The van der Waals surface area contributed by atoms with Crippen molar-refractivity contribution in [1.82, 2.24) is 20.5 Å². The lowest BCUT2D eigenvalue weighted by Crippen LogP contribution is -2.28. The van der Waals surface area contributed by atoms with Gasteiger partial charge in [0.25, 0.3) is 5.91 Å². The second kappa shape index (κ2) is 11.5. The number of ether oxygens (including phenoxy) is 3. The van der Waals surface area contributed by atoms with Gasteiger partial charge in [-0.3, -0.25) is 4.79 Å². The Hall–Kier alpha value is -3.95. The van der Waals surface area contributed by atoms with Crippen LogP contribution in [0.2, 0.25) is 0 Å². The minimum absolute atomic E-state index is 0.120. The van der Waals surface area contributed by atoms with Crippen molar-refractivity contribution in [3.8, 4) is 23.0 Å². The quantitative estimate of drug-likeness (QED) is 0.423. The minimum atomic E-state index is -0.961. The number of aromatic nitrogens is 3. The van der Waals surface area contributed by atoms with E-state index in [4.69, 9.17) is 18.6 Å². The Bertz CT molecular complexity index is 1170. The maximum atomic E-state index is 13.0. The van der Waals surface area contributed by atoms with Crippen LogP contribution in [0.5, 0.6) is 11.5 Å². The lowest BCUT2D eigenvalue weighted by molar-refractivity contribution is 0.0851. The summed E-state index contributed by atoms with van der Waals surface area (Å²) in [4.78, 5) is 29.2. The first-order valence-electron chi connectivity index (χ1n) is 11.3. The van der Waals surface area contributed by atoms with E-state index in [1.54, 1.807) is 6.92 Å². The summed E-state index contributed by atoms with van der Waals surface area (Å²) in [5, 5.41) is 10.9. The molecule has 3 aromatic rings. The van der Waals surface area contributed by atoms with Gasteiger partial charge in [0.15, 0.2) is 11.4 Å². The van der Waals surface area contributed by atoms with E-state index < -0.39 is 18.1 Å². The average Bonchev–Trinajstić information content (AvgIpc) is 3.33. The number of hydrogen-bond donors (Lipinski definition) is 1. The van der Waals surface area contributed by atoms with Crippen molar-refractivity contribution in [2.75, 3.05) is 13.7 Å². The van der Waals surface area contributed by atoms with E-state index in [1.165, 1.54) is 19.4 Å². The zero-order valence-electron chi connectivity index (χ0n) is 20.7. The molecule has 0 saturated carbocycles. The van der Waals surface area contributed by atoms with E-state index >= 15 is 0 Å². The van der Waals surface area contributed by atoms with Crippen LogP contribution in [0.25, 0.3) is 11.5 Å². The highest BCUT2D eigenvalue weighted by Crippen LogP contribution is 2.31. The van der Waals surface area contributed by atoms with Gasteiger partial charge >= 0.3 is 6.16 Å². The Morgan fingerprint density at radius 2 is 1.86 bits per heavy atom. The summed E-state index contributed by atoms with van der Waals surface area (Å²) in [7, 11) is 1.39. The van der Waals surface area contributed by atoms with Gasteiger partial charge in [-0.2, -0.15) is 0 Å². The molecule has 2 heterocycles. The van der Waals surface area contributed by atoms with Crippen molar-refractivity contribution in [3.63, 3.8) is 0 Å². The largest absolute Gasteiger partial charge is 0.514 e. The van der Waals surface area contributed by atoms with Crippen LogP contribution in [0.15, 0.2) is 40.9 Å². The zero-order valence-corrected chi connectivity index (χ0v) is 20.7. The number of rotatable bonds is 9. The Kier molecular flexibility index (Phi) is 8.40. The topological polar surface area (TPSA) is 126 Å². The first-order chi connectivity index (χ1) is 16.7. The van der Waals surface area contributed by atoms with E-state index in [0.717, 1.165) is 11.1 Å². The van der Waals surface area contributed by atoms with E-state index in [9.17, 15) is 9.59 Å². The van der Waals surface area contributed by atoms with Gasteiger partial charge in [-0.05, 0) is 36.5 Å². The normalized spacial score (nSPS) is 11.9. The molecule has 1 atom stereocenters. The molecule has 10 nitrogen and oxygen atoms in total. The summed E-state index contributed by atoms with van der Waals surface area (Å²) in [5.41, 5.74) is 1.78. The molecule has 1 N–H and O–H groups in total. The SMILES string of the molecule is COc1ccnc(C(=O)N[C@@H](C)c2nnc(-c3cccc(C(C)C)c3)o2)c1OC(=O)OCC(C)C. The lowest BCUT2D eigenvalue weighted by atomic mass is 10.0. The van der Waals surface area contributed by atoms with Gasteiger partial charge < -0.3 is 23.9 Å². The predicted molar refractivity (Wildman–Crippen MR) is 127 cm³/mol. The third-order valence-corrected chi connectivity index (χ3v) is 4.98. The van der Waals surface area contributed by atoms with Crippen molar-refractivity contribution >= 4 is 12.1 Å². The van der Waals surface area contributed by atoms with Gasteiger partial charge in [0.1, 0.15) is 6.04 Å². The fourth-order valence-electron chi connectivity index (χ4n) is 3.08. The summed E-state index contributed by atoms with van der Waals surface area (Å²) in [6.07, 6.45) is 0.411. The lowest BCUT2D eigenvalue weighted by Gasteiger charge is -2.15. The number of amides is 1. The Morgan fingerprint density at radius 1 is 1.09 bits per heavy atom. The maximum Gasteiger partial charge on any atom is 0.514 e. The summed E-state index contributed by atoms with van der Waals surface area (Å²) in [6.45, 7) is 9.84. The van der Waals surface area contributed by atoms with Crippen LogP contribution in [0.3, 0.4) is 0 Å². The van der Waals surface area contributed by atoms with E-state index in [0.29, 0.717) is 11.8 Å². The Labute approximate surface area is 204 Å². The summed E-state index contributed by atoms with van der Waals surface area (Å²) >= 11 is 0. The Morgan fingerprint density at radius 3 is 2.54 bits per heavy atom. The van der Waals surface area contributed by atoms with Crippen LogP contribution in [-0.4, -0.2) is 41.0 Å². The molecule has 1 amide bonds. The molecule has 0 spiro atoms. The number of methoxy groups -OCH3 is 1. The van der Waals surface area contributed by atoms with Crippen LogP contribution in [-0.2, 0) is 4.74 Å². The van der Waals surface area contributed by atoms with Crippen molar-refractivity contribution in [2.24, 2.45) is 5.92 Å². The molecule has 186 valence electrons. The van der Waals surface area contributed by atoms with Gasteiger partial charge in [0, 0.05) is 17.8 Å². The first kappa shape index (κ1) is 25.7. The molecule has 0 fully saturated rings. The fraction of sp³-hybridized carbons (Fsp3) is 0.400. The van der Waals surface area contributed by atoms with Gasteiger partial charge in [-0.1, -0.05) is 39.8 Å². The first-order valence-corrected chi connectivity index (χ1v) is 11.3. The molecular formula is C25H30N4O6. The van der Waals surface area contributed by atoms with Gasteiger partial charge in [-0.25, -0.2) is 9.78 Å². The molecule has 0 bridgehead atoms. The average molecular weight is 483 g/mol. The third kappa shape index (κ3) is 6.56. The molecule has 0 unspecified atom stereocenters. The van der Waals surface area contributed by atoms with Crippen LogP contribution >= 0.6 is 0 Å². The number of pyridine rings is 1. The maximum absolute atomic E-state index is 13.0. The van der Waals surface area contributed by atoms with Crippen molar-refractivity contribution in [2.45, 2.75) is 46.6 Å². The van der Waals surface area contributed by atoms with E-state index in [1.807, 2.05) is 38.1 Å².